The normalized spacial score (nSPS) is 22.1. The van der Waals surface area contributed by atoms with Crippen LogP contribution in [0.15, 0.2) is 48.7 Å². The number of pyridine rings is 1. The highest BCUT2D eigenvalue weighted by atomic mass is 16.5. The van der Waals surface area contributed by atoms with Crippen molar-refractivity contribution in [1.29, 1.82) is 0 Å². The molecule has 1 aromatic heterocycles. The molecule has 2 unspecified atom stereocenters. The Balaban J connectivity index is 1.35. The number of benzene rings is 1. The predicted molar refractivity (Wildman–Crippen MR) is 122 cm³/mol. The summed E-state index contributed by atoms with van der Waals surface area (Å²) in [6.07, 6.45) is 3.05. The van der Waals surface area contributed by atoms with Crippen molar-refractivity contribution in [1.82, 2.24) is 20.1 Å². The standard InChI is InChI=1S/C24H35N5O/c1-3-22(28-16-14-27(15-17-28)18-20-8-6-7-11-25-20)21-19-29(13-12-26-21)23-9-4-5-10-24(23)30-2/h4-11,21-22,26H,3,12-19H2,1-2H3. The summed E-state index contributed by atoms with van der Waals surface area (Å²) in [7, 11) is 1.76. The minimum absolute atomic E-state index is 0.469. The highest BCUT2D eigenvalue weighted by Gasteiger charge is 2.32. The van der Waals surface area contributed by atoms with Crippen molar-refractivity contribution in [3.05, 3.63) is 54.4 Å². The first-order valence-electron chi connectivity index (χ1n) is 11.3. The van der Waals surface area contributed by atoms with E-state index in [1.807, 2.05) is 18.3 Å². The van der Waals surface area contributed by atoms with Crippen LogP contribution in [0.25, 0.3) is 0 Å². The molecule has 1 N–H and O–H groups in total. The van der Waals surface area contributed by atoms with Gasteiger partial charge in [-0.2, -0.15) is 0 Å². The summed E-state index contributed by atoms with van der Waals surface area (Å²) < 4.78 is 5.61. The zero-order chi connectivity index (χ0) is 20.8. The van der Waals surface area contributed by atoms with Gasteiger partial charge in [0, 0.05) is 70.6 Å². The second-order valence-electron chi connectivity index (χ2n) is 8.29. The van der Waals surface area contributed by atoms with Gasteiger partial charge in [-0.25, -0.2) is 0 Å². The molecule has 2 saturated heterocycles. The van der Waals surface area contributed by atoms with Crippen LogP contribution in [-0.4, -0.2) is 79.8 Å². The molecule has 0 bridgehead atoms. The molecule has 3 heterocycles. The lowest BCUT2D eigenvalue weighted by Gasteiger charge is -2.45. The van der Waals surface area contributed by atoms with Gasteiger partial charge in [0.25, 0.3) is 0 Å². The highest BCUT2D eigenvalue weighted by Crippen LogP contribution is 2.29. The molecule has 2 fully saturated rings. The molecule has 1 aromatic carbocycles. The van der Waals surface area contributed by atoms with Crippen LogP contribution < -0.4 is 15.0 Å². The Morgan fingerprint density at radius 1 is 1.07 bits per heavy atom. The van der Waals surface area contributed by atoms with E-state index in [1.165, 1.54) is 11.4 Å². The summed E-state index contributed by atoms with van der Waals surface area (Å²) in [5, 5.41) is 3.81. The summed E-state index contributed by atoms with van der Waals surface area (Å²) >= 11 is 0. The fourth-order valence-corrected chi connectivity index (χ4v) is 4.92. The Kier molecular flexibility index (Phi) is 7.20. The van der Waals surface area contributed by atoms with Crippen molar-refractivity contribution >= 4 is 5.69 Å². The number of nitrogens with zero attached hydrogens (tertiary/aromatic N) is 4. The molecule has 2 atom stereocenters. The predicted octanol–water partition coefficient (Wildman–Crippen LogP) is 2.46. The van der Waals surface area contributed by atoms with Gasteiger partial charge in [0.15, 0.2) is 0 Å². The van der Waals surface area contributed by atoms with E-state index in [2.05, 4.69) is 62.3 Å². The lowest BCUT2D eigenvalue weighted by atomic mass is 9.99. The quantitative estimate of drug-likeness (QED) is 0.758. The van der Waals surface area contributed by atoms with E-state index in [4.69, 9.17) is 4.74 Å². The SMILES string of the molecule is CCC(C1CN(c2ccccc2OC)CCN1)N1CCN(Cc2ccccn2)CC1. The number of ether oxygens (including phenoxy) is 1. The van der Waals surface area contributed by atoms with Gasteiger partial charge in [0.05, 0.1) is 18.5 Å². The Labute approximate surface area is 180 Å². The van der Waals surface area contributed by atoms with E-state index in [1.54, 1.807) is 7.11 Å². The van der Waals surface area contributed by atoms with E-state index in [-0.39, 0.29) is 0 Å². The second kappa shape index (κ2) is 10.2. The average Bonchev–Trinajstić information content (AvgIpc) is 2.81. The van der Waals surface area contributed by atoms with Crippen molar-refractivity contribution < 1.29 is 4.74 Å². The van der Waals surface area contributed by atoms with Crippen molar-refractivity contribution in [2.24, 2.45) is 0 Å². The van der Waals surface area contributed by atoms with Crippen LogP contribution in [0.2, 0.25) is 0 Å². The van der Waals surface area contributed by atoms with Crippen LogP contribution in [0.1, 0.15) is 19.0 Å². The minimum atomic E-state index is 0.469. The van der Waals surface area contributed by atoms with E-state index in [0.717, 1.165) is 64.5 Å². The maximum atomic E-state index is 5.61. The molecular formula is C24H35N5O. The molecule has 0 amide bonds. The number of methoxy groups -OCH3 is 1. The maximum absolute atomic E-state index is 5.61. The lowest BCUT2D eigenvalue weighted by Crippen LogP contribution is -2.62. The Hall–Kier alpha value is -2.15. The lowest BCUT2D eigenvalue weighted by molar-refractivity contribution is 0.0710. The third-order valence-electron chi connectivity index (χ3n) is 6.50. The van der Waals surface area contributed by atoms with Gasteiger partial charge in [-0.05, 0) is 30.7 Å². The van der Waals surface area contributed by atoms with Crippen molar-refractivity contribution in [2.75, 3.05) is 57.8 Å². The van der Waals surface area contributed by atoms with Gasteiger partial charge in [-0.15, -0.1) is 0 Å². The Morgan fingerprint density at radius 2 is 1.87 bits per heavy atom. The zero-order valence-electron chi connectivity index (χ0n) is 18.3. The third-order valence-corrected chi connectivity index (χ3v) is 6.50. The molecule has 4 rings (SSSR count). The molecule has 2 aromatic rings. The van der Waals surface area contributed by atoms with Crippen LogP contribution in [0.4, 0.5) is 5.69 Å². The van der Waals surface area contributed by atoms with Gasteiger partial charge in [0.1, 0.15) is 5.75 Å². The summed E-state index contributed by atoms with van der Waals surface area (Å²) in [6, 6.07) is 15.6. The number of hydrogen-bond donors (Lipinski definition) is 1. The van der Waals surface area contributed by atoms with Crippen LogP contribution in [0.5, 0.6) is 5.75 Å². The van der Waals surface area contributed by atoms with E-state index in [9.17, 15) is 0 Å². The summed E-state index contributed by atoms with van der Waals surface area (Å²) in [5.41, 5.74) is 2.38. The monoisotopic (exact) mass is 409 g/mol. The second-order valence-corrected chi connectivity index (χ2v) is 8.29. The molecule has 2 aliphatic rings. The molecule has 30 heavy (non-hydrogen) atoms. The molecular weight excluding hydrogens is 374 g/mol. The number of hydrogen-bond acceptors (Lipinski definition) is 6. The Bertz CT molecular complexity index is 778. The first-order valence-corrected chi connectivity index (χ1v) is 11.3. The molecule has 2 aliphatic heterocycles. The summed E-state index contributed by atoms with van der Waals surface area (Å²) in [5.74, 6) is 0.967. The number of rotatable bonds is 7. The first-order chi connectivity index (χ1) is 14.8. The number of piperazine rings is 2. The van der Waals surface area contributed by atoms with Gasteiger partial charge in [0.2, 0.25) is 0 Å². The molecule has 0 aliphatic carbocycles. The molecule has 6 heteroatoms. The van der Waals surface area contributed by atoms with Gasteiger partial charge in [-0.1, -0.05) is 25.1 Å². The van der Waals surface area contributed by atoms with Crippen LogP contribution in [0.3, 0.4) is 0 Å². The smallest absolute Gasteiger partial charge is 0.142 e. The molecule has 6 nitrogen and oxygen atoms in total. The summed E-state index contributed by atoms with van der Waals surface area (Å²) in [4.78, 5) is 12.2. The van der Waals surface area contributed by atoms with Gasteiger partial charge >= 0.3 is 0 Å². The summed E-state index contributed by atoms with van der Waals surface area (Å²) in [6.45, 7) is 10.8. The highest BCUT2D eigenvalue weighted by molar-refractivity contribution is 5.58. The molecule has 162 valence electrons. The van der Waals surface area contributed by atoms with E-state index >= 15 is 0 Å². The average molecular weight is 410 g/mol. The molecule has 0 saturated carbocycles. The first kappa shape index (κ1) is 21.1. The van der Waals surface area contributed by atoms with Crippen LogP contribution in [-0.2, 0) is 6.54 Å². The fraction of sp³-hybridized carbons (Fsp3) is 0.542. The fourth-order valence-electron chi connectivity index (χ4n) is 4.92. The largest absolute Gasteiger partial charge is 0.495 e. The van der Waals surface area contributed by atoms with Crippen LogP contribution >= 0.6 is 0 Å². The van der Waals surface area contributed by atoms with E-state index in [0.29, 0.717) is 12.1 Å². The topological polar surface area (TPSA) is 43.9 Å². The molecule has 0 radical (unpaired) electrons. The van der Waals surface area contributed by atoms with Crippen LogP contribution in [0, 0.1) is 0 Å². The Morgan fingerprint density at radius 3 is 2.60 bits per heavy atom. The number of aromatic nitrogens is 1. The van der Waals surface area contributed by atoms with Gasteiger partial charge in [-0.3, -0.25) is 14.8 Å². The zero-order valence-corrected chi connectivity index (χ0v) is 18.3. The number of nitrogens with one attached hydrogen (secondary N) is 1. The van der Waals surface area contributed by atoms with E-state index < -0.39 is 0 Å². The van der Waals surface area contributed by atoms with Crippen molar-refractivity contribution in [2.45, 2.75) is 32.0 Å². The minimum Gasteiger partial charge on any atom is -0.495 e. The maximum Gasteiger partial charge on any atom is 0.142 e. The number of para-hydroxylation sites is 2. The number of anilines is 1. The van der Waals surface area contributed by atoms with Gasteiger partial charge < -0.3 is 15.0 Å². The third kappa shape index (κ3) is 4.94. The molecule has 0 spiro atoms. The van der Waals surface area contributed by atoms with Crippen molar-refractivity contribution in [3.8, 4) is 5.75 Å². The van der Waals surface area contributed by atoms with Crippen molar-refractivity contribution in [3.63, 3.8) is 0 Å².